The van der Waals surface area contributed by atoms with Crippen LogP contribution in [0.5, 0.6) is 0 Å². The summed E-state index contributed by atoms with van der Waals surface area (Å²) in [5.41, 5.74) is 1.51. The van der Waals surface area contributed by atoms with Gasteiger partial charge in [-0.1, -0.05) is 0 Å². The Kier molecular flexibility index (Phi) is 5.50. The number of aliphatic hydroxyl groups excluding tert-OH is 1. The number of anilines is 1. The highest BCUT2D eigenvalue weighted by Crippen LogP contribution is 2.33. The molecular formula is C10H11Br2ClFNO. The van der Waals surface area contributed by atoms with E-state index in [1.807, 2.05) is 6.92 Å². The Morgan fingerprint density at radius 3 is 2.75 bits per heavy atom. The van der Waals surface area contributed by atoms with Gasteiger partial charge >= 0.3 is 0 Å². The minimum atomic E-state index is -0.653. The van der Waals surface area contributed by atoms with Gasteiger partial charge in [0.15, 0.2) is 5.82 Å². The lowest BCUT2D eigenvalue weighted by atomic mass is 10.2. The van der Waals surface area contributed by atoms with Gasteiger partial charge in [0.05, 0.1) is 26.6 Å². The molecule has 0 spiro atoms. The van der Waals surface area contributed by atoms with E-state index < -0.39 is 6.10 Å². The average Bonchev–Trinajstić information content (AvgIpc) is 2.25. The van der Waals surface area contributed by atoms with Gasteiger partial charge in [-0.15, -0.1) is 11.6 Å². The number of benzene rings is 1. The zero-order valence-corrected chi connectivity index (χ0v) is 12.5. The number of aliphatic hydroxyl groups is 1. The first kappa shape index (κ1) is 14.2. The maximum Gasteiger partial charge on any atom is 0.153 e. The predicted molar refractivity (Wildman–Crippen MR) is 71.8 cm³/mol. The third-order valence-electron chi connectivity index (χ3n) is 2.05. The summed E-state index contributed by atoms with van der Waals surface area (Å²) in [6.45, 7) is 2.13. The number of nitrogens with one attached hydrogen (secondary N) is 1. The van der Waals surface area contributed by atoms with Crippen LogP contribution in [-0.4, -0.2) is 23.6 Å². The van der Waals surface area contributed by atoms with Gasteiger partial charge in [-0.3, -0.25) is 0 Å². The van der Waals surface area contributed by atoms with E-state index in [1.165, 1.54) is 0 Å². The molecule has 0 aliphatic heterocycles. The van der Waals surface area contributed by atoms with Crippen molar-refractivity contribution < 1.29 is 9.50 Å². The Hall–Kier alpha value is 0.160. The van der Waals surface area contributed by atoms with E-state index in [2.05, 4.69) is 37.2 Å². The van der Waals surface area contributed by atoms with Crippen molar-refractivity contribution in [2.45, 2.75) is 13.0 Å². The maximum absolute atomic E-state index is 13.6. The molecule has 1 aromatic rings. The van der Waals surface area contributed by atoms with Crippen molar-refractivity contribution in [2.75, 3.05) is 17.7 Å². The Morgan fingerprint density at radius 1 is 1.56 bits per heavy atom. The predicted octanol–water partition coefficient (Wildman–Crippen LogP) is 3.67. The average molecular weight is 375 g/mol. The summed E-state index contributed by atoms with van der Waals surface area (Å²) in [5.74, 6) is -0.226. The lowest BCUT2D eigenvalue weighted by Crippen LogP contribution is -2.21. The minimum absolute atomic E-state index is 0.142. The van der Waals surface area contributed by atoms with Crippen molar-refractivity contribution in [3.05, 3.63) is 26.4 Å². The summed E-state index contributed by atoms with van der Waals surface area (Å²) in [6.07, 6.45) is -0.653. The second-order valence-electron chi connectivity index (χ2n) is 3.37. The van der Waals surface area contributed by atoms with Crippen LogP contribution in [0.1, 0.15) is 5.56 Å². The highest BCUT2D eigenvalue weighted by molar-refractivity contribution is 9.11. The van der Waals surface area contributed by atoms with Gasteiger partial charge in [0.1, 0.15) is 0 Å². The fourth-order valence-corrected chi connectivity index (χ4v) is 2.79. The second kappa shape index (κ2) is 6.19. The van der Waals surface area contributed by atoms with Crippen LogP contribution < -0.4 is 5.32 Å². The number of hydrogen-bond donors (Lipinski definition) is 2. The summed E-state index contributed by atoms with van der Waals surface area (Å²) in [6, 6.07) is 1.68. The smallest absolute Gasteiger partial charge is 0.153 e. The zero-order valence-electron chi connectivity index (χ0n) is 8.53. The summed E-state index contributed by atoms with van der Waals surface area (Å²) in [7, 11) is 0. The van der Waals surface area contributed by atoms with Crippen molar-refractivity contribution in [1.29, 1.82) is 0 Å². The molecule has 0 aliphatic carbocycles. The van der Waals surface area contributed by atoms with E-state index in [0.717, 1.165) is 5.56 Å². The van der Waals surface area contributed by atoms with Crippen LogP contribution in [0.15, 0.2) is 15.0 Å². The monoisotopic (exact) mass is 373 g/mol. The van der Waals surface area contributed by atoms with Gasteiger partial charge in [0.2, 0.25) is 0 Å². The lowest BCUT2D eigenvalue weighted by molar-refractivity contribution is 0.211. The first-order chi connectivity index (χ1) is 7.47. The summed E-state index contributed by atoms with van der Waals surface area (Å²) in [5, 5.41) is 12.3. The topological polar surface area (TPSA) is 32.3 Å². The Balaban J connectivity index is 2.92. The second-order valence-corrected chi connectivity index (χ2v) is 5.32. The minimum Gasteiger partial charge on any atom is -0.390 e. The number of hydrogen-bond acceptors (Lipinski definition) is 2. The van der Waals surface area contributed by atoms with Crippen molar-refractivity contribution in [2.24, 2.45) is 0 Å². The number of halogens is 4. The molecule has 1 unspecified atom stereocenters. The lowest BCUT2D eigenvalue weighted by Gasteiger charge is -2.15. The third-order valence-corrected chi connectivity index (χ3v) is 3.73. The molecule has 0 fully saturated rings. The first-order valence-corrected chi connectivity index (χ1v) is 6.71. The van der Waals surface area contributed by atoms with Crippen molar-refractivity contribution in [1.82, 2.24) is 0 Å². The zero-order chi connectivity index (χ0) is 12.3. The van der Waals surface area contributed by atoms with Crippen LogP contribution in [0.25, 0.3) is 0 Å². The molecule has 2 N–H and O–H groups in total. The van der Waals surface area contributed by atoms with Crippen molar-refractivity contribution in [3.63, 3.8) is 0 Å². The molecule has 0 saturated heterocycles. The highest BCUT2D eigenvalue weighted by Gasteiger charge is 2.13. The van der Waals surface area contributed by atoms with Crippen LogP contribution >= 0.6 is 43.5 Å². The number of alkyl halides is 1. The molecule has 1 rings (SSSR count). The molecule has 1 aromatic carbocycles. The van der Waals surface area contributed by atoms with Gasteiger partial charge < -0.3 is 10.4 Å². The van der Waals surface area contributed by atoms with E-state index in [9.17, 15) is 9.50 Å². The summed E-state index contributed by atoms with van der Waals surface area (Å²) in [4.78, 5) is 0. The molecule has 90 valence electrons. The number of rotatable bonds is 4. The Bertz CT molecular complexity index is 390. The van der Waals surface area contributed by atoms with Crippen LogP contribution in [-0.2, 0) is 0 Å². The molecule has 16 heavy (non-hydrogen) atoms. The summed E-state index contributed by atoms with van der Waals surface area (Å²) >= 11 is 11.8. The van der Waals surface area contributed by atoms with E-state index >= 15 is 0 Å². The third kappa shape index (κ3) is 3.32. The molecule has 1 atom stereocenters. The van der Waals surface area contributed by atoms with Crippen LogP contribution in [0.3, 0.4) is 0 Å². The quantitative estimate of drug-likeness (QED) is 0.622. The molecule has 0 heterocycles. The molecule has 6 heteroatoms. The molecule has 2 nitrogen and oxygen atoms in total. The molecule has 0 aliphatic rings. The SMILES string of the molecule is Cc1cc(Br)c(F)c(Br)c1NCC(O)CCl. The normalized spacial score (nSPS) is 12.6. The van der Waals surface area contributed by atoms with Gasteiger partial charge in [-0.2, -0.15) is 0 Å². The fraction of sp³-hybridized carbons (Fsp3) is 0.400. The van der Waals surface area contributed by atoms with Gasteiger partial charge in [0, 0.05) is 6.54 Å². The molecule has 0 aromatic heterocycles. The van der Waals surface area contributed by atoms with Crippen molar-refractivity contribution >= 4 is 49.1 Å². The van der Waals surface area contributed by atoms with Gasteiger partial charge in [-0.05, 0) is 50.4 Å². The first-order valence-electron chi connectivity index (χ1n) is 4.59. The molecule has 0 amide bonds. The van der Waals surface area contributed by atoms with E-state index in [1.54, 1.807) is 6.07 Å². The Morgan fingerprint density at radius 2 is 2.19 bits per heavy atom. The van der Waals surface area contributed by atoms with Gasteiger partial charge in [-0.25, -0.2) is 4.39 Å². The maximum atomic E-state index is 13.6. The van der Waals surface area contributed by atoms with Crippen molar-refractivity contribution in [3.8, 4) is 0 Å². The van der Waals surface area contributed by atoms with Gasteiger partial charge in [0.25, 0.3) is 0 Å². The molecular weight excluding hydrogens is 364 g/mol. The van der Waals surface area contributed by atoms with E-state index in [0.29, 0.717) is 14.6 Å². The van der Waals surface area contributed by atoms with Crippen LogP contribution in [0.2, 0.25) is 0 Å². The largest absolute Gasteiger partial charge is 0.390 e. The van der Waals surface area contributed by atoms with E-state index in [4.69, 9.17) is 11.6 Å². The van der Waals surface area contributed by atoms with Crippen LogP contribution in [0.4, 0.5) is 10.1 Å². The Labute approximate surface area is 115 Å². The molecule has 0 bridgehead atoms. The fourth-order valence-electron chi connectivity index (χ4n) is 1.20. The standard InChI is InChI=1S/C10H11Br2ClFNO/c1-5-2-7(11)9(14)8(12)10(5)15-4-6(16)3-13/h2,6,15-16H,3-4H2,1H3. The number of aryl methyl sites for hydroxylation is 1. The highest BCUT2D eigenvalue weighted by atomic mass is 79.9. The van der Waals surface area contributed by atoms with E-state index in [-0.39, 0.29) is 18.2 Å². The molecule has 0 saturated carbocycles. The molecule has 0 radical (unpaired) electrons. The summed E-state index contributed by atoms with van der Waals surface area (Å²) < 4.78 is 14.3. The van der Waals surface area contributed by atoms with Crippen LogP contribution in [0, 0.1) is 12.7 Å².